The van der Waals surface area contributed by atoms with Crippen LogP contribution in [0.2, 0.25) is 0 Å². The minimum atomic E-state index is -4.21. The summed E-state index contributed by atoms with van der Waals surface area (Å²) in [5, 5.41) is 1.35. The molecule has 2 heterocycles. The molecule has 3 rings (SSSR count). The van der Waals surface area contributed by atoms with E-state index in [4.69, 9.17) is 0 Å². The highest BCUT2D eigenvalue weighted by Crippen LogP contribution is 2.47. The van der Waals surface area contributed by atoms with E-state index in [1.165, 1.54) is 23.3 Å². The van der Waals surface area contributed by atoms with E-state index in [2.05, 4.69) is 9.97 Å². The standard InChI is InChI=1S/C14H14F3N3S/c1-20(8-14(15,16)17)13-11(9-4-5-9)19-12(21-13)10-3-2-6-18-7-10/h2-3,6-7,9H,4-5,8H2,1H3. The van der Waals surface area contributed by atoms with Crippen molar-refractivity contribution in [1.82, 2.24) is 9.97 Å². The zero-order valence-corrected chi connectivity index (χ0v) is 12.2. The van der Waals surface area contributed by atoms with Crippen LogP contribution in [0.25, 0.3) is 10.6 Å². The third kappa shape index (κ3) is 3.34. The minimum Gasteiger partial charge on any atom is -0.356 e. The van der Waals surface area contributed by atoms with Crippen molar-refractivity contribution in [3.8, 4) is 10.6 Å². The molecule has 112 valence electrons. The quantitative estimate of drug-likeness (QED) is 0.851. The van der Waals surface area contributed by atoms with Gasteiger partial charge in [0.15, 0.2) is 0 Å². The van der Waals surface area contributed by atoms with Gasteiger partial charge in [0.05, 0.1) is 5.69 Å². The third-order valence-corrected chi connectivity index (χ3v) is 4.50. The monoisotopic (exact) mass is 313 g/mol. The van der Waals surface area contributed by atoms with E-state index in [-0.39, 0.29) is 0 Å². The zero-order chi connectivity index (χ0) is 15.0. The summed E-state index contributed by atoms with van der Waals surface area (Å²) in [7, 11) is 1.47. The van der Waals surface area contributed by atoms with Gasteiger partial charge in [0.1, 0.15) is 16.6 Å². The fourth-order valence-corrected chi connectivity index (χ4v) is 3.28. The smallest absolute Gasteiger partial charge is 0.356 e. The summed E-state index contributed by atoms with van der Waals surface area (Å²) in [4.78, 5) is 9.86. The lowest BCUT2D eigenvalue weighted by molar-refractivity contribution is -0.119. The van der Waals surface area contributed by atoms with Crippen LogP contribution in [-0.4, -0.2) is 29.7 Å². The summed E-state index contributed by atoms with van der Waals surface area (Å²) in [6.07, 6.45) is 1.14. The van der Waals surface area contributed by atoms with Crippen LogP contribution in [0.1, 0.15) is 24.5 Å². The van der Waals surface area contributed by atoms with Crippen molar-refractivity contribution in [2.75, 3.05) is 18.5 Å². The average molecular weight is 313 g/mol. The molecule has 1 aliphatic rings. The second-order valence-electron chi connectivity index (χ2n) is 5.20. The van der Waals surface area contributed by atoms with Crippen molar-refractivity contribution in [2.24, 2.45) is 0 Å². The van der Waals surface area contributed by atoms with E-state index in [1.807, 2.05) is 6.07 Å². The molecule has 0 saturated heterocycles. The summed E-state index contributed by atoms with van der Waals surface area (Å²) in [6, 6.07) is 3.67. The van der Waals surface area contributed by atoms with Crippen molar-refractivity contribution >= 4 is 16.3 Å². The molecule has 0 N–H and O–H groups in total. The molecule has 0 aromatic carbocycles. The van der Waals surface area contributed by atoms with Gasteiger partial charge in [0.2, 0.25) is 0 Å². The Morgan fingerprint density at radius 2 is 2.14 bits per heavy atom. The second-order valence-corrected chi connectivity index (χ2v) is 6.17. The molecule has 0 unspecified atom stereocenters. The summed E-state index contributed by atoms with van der Waals surface area (Å²) >= 11 is 1.30. The summed E-state index contributed by atoms with van der Waals surface area (Å²) < 4.78 is 37.8. The van der Waals surface area contributed by atoms with Gasteiger partial charge >= 0.3 is 6.18 Å². The lowest BCUT2D eigenvalue weighted by atomic mass is 10.3. The highest BCUT2D eigenvalue weighted by molar-refractivity contribution is 7.19. The molecule has 1 saturated carbocycles. The van der Waals surface area contributed by atoms with Gasteiger partial charge in [-0.15, -0.1) is 0 Å². The molecule has 21 heavy (non-hydrogen) atoms. The Morgan fingerprint density at radius 3 is 2.71 bits per heavy atom. The predicted octanol–water partition coefficient (Wildman–Crippen LogP) is 4.08. The van der Waals surface area contributed by atoms with Crippen molar-refractivity contribution in [1.29, 1.82) is 0 Å². The van der Waals surface area contributed by atoms with Crippen LogP contribution in [-0.2, 0) is 0 Å². The molecule has 1 fully saturated rings. The van der Waals surface area contributed by atoms with E-state index in [9.17, 15) is 13.2 Å². The van der Waals surface area contributed by atoms with Crippen LogP contribution in [0.3, 0.4) is 0 Å². The molecule has 0 spiro atoms. The average Bonchev–Trinajstić information content (AvgIpc) is 3.16. The van der Waals surface area contributed by atoms with Gasteiger partial charge in [-0.25, -0.2) is 4.98 Å². The summed E-state index contributed by atoms with van der Waals surface area (Å²) in [5.74, 6) is 0.303. The number of anilines is 1. The van der Waals surface area contributed by atoms with E-state index < -0.39 is 12.7 Å². The lowest BCUT2D eigenvalue weighted by Crippen LogP contribution is -2.30. The number of halogens is 3. The first-order valence-electron chi connectivity index (χ1n) is 6.63. The van der Waals surface area contributed by atoms with Gasteiger partial charge < -0.3 is 4.90 Å². The highest BCUT2D eigenvalue weighted by atomic mass is 32.1. The molecule has 0 radical (unpaired) electrons. The number of thiazole rings is 1. The van der Waals surface area contributed by atoms with Gasteiger partial charge in [-0.1, -0.05) is 11.3 Å². The largest absolute Gasteiger partial charge is 0.405 e. The van der Waals surface area contributed by atoms with Gasteiger partial charge in [-0.05, 0) is 25.0 Å². The normalized spacial score (nSPS) is 15.2. The molecule has 3 nitrogen and oxygen atoms in total. The maximum absolute atomic E-state index is 12.6. The number of alkyl halides is 3. The molecule has 0 bridgehead atoms. The van der Waals surface area contributed by atoms with Crippen LogP contribution < -0.4 is 4.90 Å². The lowest BCUT2D eigenvalue weighted by Gasteiger charge is -2.19. The van der Waals surface area contributed by atoms with Crippen LogP contribution in [0.15, 0.2) is 24.5 Å². The van der Waals surface area contributed by atoms with Gasteiger partial charge in [0.25, 0.3) is 0 Å². The van der Waals surface area contributed by atoms with Gasteiger partial charge in [-0.2, -0.15) is 13.2 Å². The van der Waals surface area contributed by atoms with E-state index in [0.717, 1.165) is 29.1 Å². The van der Waals surface area contributed by atoms with Crippen molar-refractivity contribution in [3.63, 3.8) is 0 Å². The van der Waals surface area contributed by atoms with Gasteiger partial charge in [-0.3, -0.25) is 4.98 Å². The second kappa shape index (κ2) is 5.29. The first kappa shape index (κ1) is 14.3. The molecule has 0 aliphatic heterocycles. The number of hydrogen-bond acceptors (Lipinski definition) is 4. The molecule has 1 aliphatic carbocycles. The van der Waals surface area contributed by atoms with Crippen LogP contribution in [0, 0.1) is 0 Å². The van der Waals surface area contributed by atoms with E-state index in [1.54, 1.807) is 18.5 Å². The molecular weight excluding hydrogens is 299 g/mol. The Bertz CT molecular complexity index is 620. The zero-order valence-electron chi connectivity index (χ0n) is 11.4. The first-order chi connectivity index (χ1) is 9.94. The van der Waals surface area contributed by atoms with Crippen LogP contribution >= 0.6 is 11.3 Å². The van der Waals surface area contributed by atoms with Crippen LogP contribution in [0.5, 0.6) is 0 Å². The van der Waals surface area contributed by atoms with Crippen molar-refractivity contribution in [3.05, 3.63) is 30.2 Å². The summed E-state index contributed by atoms with van der Waals surface area (Å²) in [6.45, 7) is -0.957. The Kier molecular flexibility index (Phi) is 3.61. The highest BCUT2D eigenvalue weighted by Gasteiger charge is 2.35. The SMILES string of the molecule is CN(CC(F)(F)F)c1sc(-c2cccnc2)nc1C1CC1. The fraction of sp³-hybridized carbons (Fsp3) is 0.429. The van der Waals surface area contributed by atoms with E-state index in [0.29, 0.717) is 10.9 Å². The number of rotatable bonds is 4. The maximum Gasteiger partial charge on any atom is 0.405 e. The Morgan fingerprint density at radius 1 is 1.38 bits per heavy atom. The Hall–Kier alpha value is -1.63. The predicted molar refractivity (Wildman–Crippen MR) is 76.6 cm³/mol. The van der Waals surface area contributed by atoms with E-state index >= 15 is 0 Å². The summed E-state index contributed by atoms with van der Waals surface area (Å²) in [5.41, 5.74) is 1.64. The molecule has 7 heteroatoms. The molecule has 0 amide bonds. The molecule has 0 atom stereocenters. The third-order valence-electron chi connectivity index (χ3n) is 3.27. The number of pyridine rings is 1. The maximum atomic E-state index is 12.6. The number of hydrogen-bond donors (Lipinski definition) is 0. The molecule has 2 aromatic rings. The van der Waals surface area contributed by atoms with Crippen LogP contribution in [0.4, 0.5) is 18.2 Å². The molecule has 2 aromatic heterocycles. The van der Waals surface area contributed by atoms with Crippen molar-refractivity contribution < 1.29 is 13.2 Å². The topological polar surface area (TPSA) is 29.0 Å². The number of nitrogens with zero attached hydrogens (tertiary/aromatic N) is 3. The fourth-order valence-electron chi connectivity index (χ4n) is 2.17. The first-order valence-corrected chi connectivity index (χ1v) is 7.45. The minimum absolute atomic E-state index is 0.303. The Balaban J connectivity index is 1.94. The molecular formula is C14H14F3N3S. The van der Waals surface area contributed by atoms with Crippen molar-refractivity contribution in [2.45, 2.75) is 24.9 Å². The number of aromatic nitrogens is 2. The Labute approximate surface area is 124 Å². The van der Waals surface area contributed by atoms with Gasteiger partial charge in [0, 0.05) is 30.9 Å².